The second-order valence-electron chi connectivity index (χ2n) is 2.92. The normalized spacial score (nSPS) is 14.3. The number of aliphatic imine (C=N–C) groups is 1. The largest absolute Gasteiger partial charge is 1.00 e. The van der Waals surface area contributed by atoms with Crippen LogP contribution in [0.1, 0.15) is 6.99 Å². The van der Waals surface area contributed by atoms with Crippen molar-refractivity contribution in [1.82, 2.24) is 5.32 Å². The molecule has 0 saturated heterocycles. The van der Waals surface area contributed by atoms with E-state index in [1.807, 2.05) is 6.07 Å². The molecule has 0 spiro atoms. The molecule has 1 aliphatic rings. The van der Waals surface area contributed by atoms with Crippen LogP contribution in [0.5, 0.6) is 0 Å². The molecule has 0 bridgehead atoms. The average Bonchev–Trinajstić information content (AvgIpc) is 2.59. The zero-order valence-electron chi connectivity index (χ0n) is 8.33. The maximum Gasteiger partial charge on any atom is 1.00 e. The van der Waals surface area contributed by atoms with E-state index in [1.54, 1.807) is 0 Å². The van der Waals surface area contributed by atoms with Crippen molar-refractivity contribution >= 4 is 5.84 Å². The molecule has 1 aliphatic heterocycles. The van der Waals surface area contributed by atoms with Crippen LogP contribution in [0, 0.1) is 0 Å². The van der Waals surface area contributed by atoms with Gasteiger partial charge in [-0.25, -0.2) is 0 Å². The van der Waals surface area contributed by atoms with E-state index in [2.05, 4.69) is 34.6 Å². The third kappa shape index (κ3) is 2.74. The highest BCUT2D eigenvalue weighted by atomic mass is 35.5. The lowest BCUT2D eigenvalue weighted by atomic mass is 10.1. The lowest BCUT2D eigenvalue weighted by molar-refractivity contribution is -0.00000256. The molecule has 3 heteroatoms. The number of nitrogens with one attached hydrogen (secondary N) is 1. The van der Waals surface area contributed by atoms with Crippen molar-refractivity contribution in [1.29, 1.82) is 0 Å². The van der Waals surface area contributed by atoms with Gasteiger partial charge in [0.05, 0.1) is 6.54 Å². The molecule has 0 aromatic heterocycles. The van der Waals surface area contributed by atoms with Crippen molar-refractivity contribution in [3.8, 4) is 0 Å². The van der Waals surface area contributed by atoms with Gasteiger partial charge in [0.2, 0.25) is 0 Å². The van der Waals surface area contributed by atoms with Gasteiger partial charge in [-0.1, -0.05) is 30.3 Å². The minimum Gasteiger partial charge on any atom is -1.00 e. The Labute approximate surface area is 86.0 Å². The Morgan fingerprint density at radius 1 is 1.31 bits per heavy atom. The number of benzene rings is 1. The van der Waals surface area contributed by atoms with E-state index in [0.29, 0.717) is 0 Å². The lowest BCUT2D eigenvalue weighted by Gasteiger charge is -2.00. The summed E-state index contributed by atoms with van der Waals surface area (Å²) in [5, 5.41) is 3.26. The highest BCUT2D eigenvalue weighted by Gasteiger charge is 2.04. The van der Waals surface area contributed by atoms with E-state index in [1.165, 1.54) is 5.56 Å². The molecule has 0 radical (unpaired) electrons. The zero-order valence-corrected chi connectivity index (χ0v) is 8.09. The van der Waals surface area contributed by atoms with Gasteiger partial charge >= 0.3 is 1.43 Å². The average molecular weight is 197 g/mol. The van der Waals surface area contributed by atoms with E-state index in [0.717, 1.165) is 25.3 Å². The van der Waals surface area contributed by atoms with Crippen molar-refractivity contribution in [2.24, 2.45) is 4.99 Å². The van der Waals surface area contributed by atoms with Crippen LogP contribution in [-0.4, -0.2) is 18.9 Å². The molecular formula is C10H13ClN2. The second-order valence-corrected chi connectivity index (χ2v) is 2.92. The lowest BCUT2D eigenvalue weighted by Crippen LogP contribution is -3.00. The number of amidine groups is 1. The number of rotatable bonds is 2. The summed E-state index contributed by atoms with van der Waals surface area (Å²) < 4.78 is 0. The van der Waals surface area contributed by atoms with E-state index in [9.17, 15) is 0 Å². The van der Waals surface area contributed by atoms with Crippen LogP contribution in [0.3, 0.4) is 0 Å². The van der Waals surface area contributed by atoms with E-state index in [4.69, 9.17) is 0 Å². The molecule has 1 aromatic carbocycles. The minimum atomic E-state index is 0. The zero-order chi connectivity index (χ0) is 8.23. The number of hydrogen-bond acceptors (Lipinski definition) is 2. The van der Waals surface area contributed by atoms with Gasteiger partial charge in [0.25, 0.3) is 0 Å². The van der Waals surface area contributed by atoms with Crippen molar-refractivity contribution in [3.05, 3.63) is 35.9 Å². The van der Waals surface area contributed by atoms with E-state index in [-0.39, 0.29) is 13.8 Å². The Kier molecular flexibility index (Phi) is 3.77. The fraction of sp³-hybridized carbons (Fsp3) is 0.300. The molecular weight excluding hydrogens is 184 g/mol. The molecule has 1 heterocycles. The summed E-state index contributed by atoms with van der Waals surface area (Å²) >= 11 is 0. The van der Waals surface area contributed by atoms with Crippen LogP contribution < -0.4 is 17.7 Å². The van der Waals surface area contributed by atoms with Gasteiger partial charge in [0, 0.05) is 13.0 Å². The molecule has 70 valence electrons. The highest BCUT2D eigenvalue weighted by Crippen LogP contribution is 2.01. The summed E-state index contributed by atoms with van der Waals surface area (Å²) in [4.78, 5) is 4.34. The molecule has 0 saturated carbocycles. The molecule has 0 amide bonds. The summed E-state index contributed by atoms with van der Waals surface area (Å²) in [6.07, 6.45) is 0.945. The first kappa shape index (κ1) is 10.1. The maximum absolute atomic E-state index is 4.34. The Morgan fingerprint density at radius 3 is 2.69 bits per heavy atom. The topological polar surface area (TPSA) is 24.4 Å². The van der Waals surface area contributed by atoms with Crippen molar-refractivity contribution < 1.29 is 13.8 Å². The van der Waals surface area contributed by atoms with Gasteiger partial charge in [0.15, 0.2) is 0 Å². The molecule has 0 fully saturated rings. The van der Waals surface area contributed by atoms with Gasteiger partial charge in [-0.2, -0.15) is 0 Å². The molecule has 2 nitrogen and oxygen atoms in total. The monoisotopic (exact) mass is 196 g/mol. The van der Waals surface area contributed by atoms with Crippen LogP contribution in [0.25, 0.3) is 0 Å². The number of halogens is 1. The summed E-state index contributed by atoms with van der Waals surface area (Å²) in [5.74, 6) is 1.13. The van der Waals surface area contributed by atoms with E-state index >= 15 is 0 Å². The SMILES string of the molecule is [Cl-].[H+].c1ccc(CC2=NCCN2)cc1. The molecule has 0 atom stereocenters. The Balaban J connectivity index is 0.000000845. The van der Waals surface area contributed by atoms with Gasteiger partial charge < -0.3 is 17.7 Å². The smallest absolute Gasteiger partial charge is 1.00 e. The summed E-state index contributed by atoms with van der Waals surface area (Å²) in [5.41, 5.74) is 1.32. The van der Waals surface area contributed by atoms with Gasteiger partial charge in [-0.3, -0.25) is 4.99 Å². The standard InChI is InChI=1S/C10H12N2.ClH/c1-2-4-9(5-3-1)8-10-11-6-7-12-10;/h1-5H,6-8H2,(H,11,12);1H. The van der Waals surface area contributed by atoms with Crippen molar-refractivity contribution in [3.63, 3.8) is 0 Å². The first-order valence-electron chi connectivity index (χ1n) is 4.26. The van der Waals surface area contributed by atoms with Gasteiger partial charge in [-0.05, 0) is 5.56 Å². The molecule has 13 heavy (non-hydrogen) atoms. The summed E-state index contributed by atoms with van der Waals surface area (Å²) in [6, 6.07) is 10.4. The molecule has 0 aliphatic carbocycles. The van der Waals surface area contributed by atoms with Crippen LogP contribution in [0.4, 0.5) is 0 Å². The van der Waals surface area contributed by atoms with Gasteiger partial charge in [0.1, 0.15) is 5.84 Å². The minimum absolute atomic E-state index is 0. The third-order valence-electron chi connectivity index (χ3n) is 1.96. The second kappa shape index (κ2) is 4.87. The number of nitrogens with zero attached hydrogens (tertiary/aromatic N) is 1. The maximum atomic E-state index is 4.34. The Bertz CT molecular complexity index is 287. The van der Waals surface area contributed by atoms with Crippen molar-refractivity contribution in [2.75, 3.05) is 13.1 Å². The quantitative estimate of drug-likeness (QED) is 0.602. The molecule has 0 unspecified atom stereocenters. The Morgan fingerprint density at radius 2 is 2.08 bits per heavy atom. The van der Waals surface area contributed by atoms with Crippen molar-refractivity contribution in [2.45, 2.75) is 6.42 Å². The van der Waals surface area contributed by atoms with Crippen LogP contribution in [-0.2, 0) is 6.42 Å². The molecule has 1 aromatic rings. The highest BCUT2D eigenvalue weighted by molar-refractivity contribution is 5.85. The number of hydrogen-bond donors (Lipinski definition) is 1. The van der Waals surface area contributed by atoms with Gasteiger partial charge in [-0.15, -0.1) is 0 Å². The van der Waals surface area contributed by atoms with Crippen LogP contribution >= 0.6 is 0 Å². The van der Waals surface area contributed by atoms with Crippen LogP contribution in [0.15, 0.2) is 35.3 Å². The fourth-order valence-corrected chi connectivity index (χ4v) is 1.35. The summed E-state index contributed by atoms with van der Waals surface area (Å²) in [7, 11) is 0. The third-order valence-corrected chi connectivity index (χ3v) is 1.96. The van der Waals surface area contributed by atoms with Crippen LogP contribution in [0.2, 0.25) is 0 Å². The molecule has 1 N–H and O–H groups in total. The summed E-state index contributed by atoms with van der Waals surface area (Å²) in [6.45, 7) is 1.93. The van der Waals surface area contributed by atoms with E-state index < -0.39 is 0 Å². The predicted molar refractivity (Wildman–Crippen MR) is 51.6 cm³/mol. The first-order chi connectivity index (χ1) is 5.95. The fourth-order valence-electron chi connectivity index (χ4n) is 1.35. The first-order valence-corrected chi connectivity index (χ1v) is 4.26. The predicted octanol–water partition coefficient (Wildman–Crippen LogP) is -1.65. The molecule has 2 rings (SSSR count). The Hall–Kier alpha value is -1.02.